The number of amides is 1. The Bertz CT molecular complexity index is 1090. The van der Waals surface area contributed by atoms with Crippen molar-refractivity contribution in [2.24, 2.45) is 0 Å². The molecule has 0 spiro atoms. The Morgan fingerprint density at radius 3 is 2.52 bits per heavy atom. The van der Waals surface area contributed by atoms with Crippen LogP contribution in [-0.4, -0.2) is 37.0 Å². The molecule has 1 saturated heterocycles. The number of carbonyl (C=O) groups is 1. The molecule has 1 fully saturated rings. The Labute approximate surface area is 155 Å². The van der Waals surface area contributed by atoms with Crippen molar-refractivity contribution in [1.29, 1.82) is 0 Å². The molecule has 6 nitrogen and oxygen atoms in total. The van der Waals surface area contributed by atoms with Gasteiger partial charge < -0.3 is 9.84 Å². The van der Waals surface area contributed by atoms with E-state index in [1.165, 1.54) is 12.1 Å². The molecule has 1 amide bonds. The van der Waals surface area contributed by atoms with E-state index in [4.69, 9.17) is 4.52 Å². The van der Waals surface area contributed by atoms with Crippen LogP contribution in [-0.2, 0) is 9.84 Å². The molecule has 140 valence electrons. The predicted molar refractivity (Wildman–Crippen MR) is 98.5 cm³/mol. The Hall–Kier alpha value is -2.74. The average Bonchev–Trinajstić information content (AvgIpc) is 3.07. The van der Waals surface area contributed by atoms with Crippen LogP contribution < -0.4 is 5.32 Å². The van der Waals surface area contributed by atoms with Gasteiger partial charge in [-0.05, 0) is 55.3 Å². The molecule has 1 aromatic heterocycles. The molecule has 27 heavy (non-hydrogen) atoms. The molecular weight excluding hydrogens is 371 g/mol. The maximum atomic E-state index is 13.1. The summed E-state index contributed by atoms with van der Waals surface area (Å²) in [6.45, 7) is 0. The summed E-state index contributed by atoms with van der Waals surface area (Å²) in [6, 6.07) is 10.7. The minimum Gasteiger partial charge on any atom is -0.355 e. The highest BCUT2D eigenvalue weighted by Gasteiger charge is 2.25. The highest BCUT2D eigenvalue weighted by molar-refractivity contribution is 7.91. The molecule has 2 aromatic carbocycles. The van der Waals surface area contributed by atoms with E-state index in [2.05, 4.69) is 10.5 Å². The molecule has 0 aliphatic carbocycles. The van der Waals surface area contributed by atoms with Gasteiger partial charge in [-0.1, -0.05) is 5.16 Å². The van der Waals surface area contributed by atoms with E-state index in [-0.39, 0.29) is 29.3 Å². The van der Waals surface area contributed by atoms with Gasteiger partial charge in [-0.3, -0.25) is 4.79 Å². The number of hydrogen-bond acceptors (Lipinski definition) is 5. The Balaban J connectivity index is 1.58. The van der Waals surface area contributed by atoms with Crippen LogP contribution in [0.1, 0.15) is 23.2 Å². The van der Waals surface area contributed by atoms with Crippen LogP contribution in [0.4, 0.5) is 4.39 Å². The largest absolute Gasteiger partial charge is 0.355 e. The van der Waals surface area contributed by atoms with E-state index in [9.17, 15) is 17.6 Å². The zero-order valence-corrected chi connectivity index (χ0v) is 15.1. The summed E-state index contributed by atoms with van der Waals surface area (Å²) >= 11 is 0. The van der Waals surface area contributed by atoms with Crippen LogP contribution in [0.2, 0.25) is 0 Å². The topological polar surface area (TPSA) is 89.3 Å². The normalized spacial score (nSPS) is 17.1. The highest BCUT2D eigenvalue weighted by atomic mass is 32.2. The molecule has 0 atom stereocenters. The van der Waals surface area contributed by atoms with E-state index in [1.54, 1.807) is 30.3 Å². The summed E-state index contributed by atoms with van der Waals surface area (Å²) < 4.78 is 41.5. The number of aromatic nitrogens is 1. The smallest absolute Gasteiger partial charge is 0.251 e. The maximum Gasteiger partial charge on any atom is 0.251 e. The van der Waals surface area contributed by atoms with Crippen LogP contribution in [0.3, 0.4) is 0 Å². The van der Waals surface area contributed by atoms with Gasteiger partial charge in [0.25, 0.3) is 5.91 Å². The molecule has 1 aliphatic heterocycles. The average molecular weight is 388 g/mol. The van der Waals surface area contributed by atoms with Gasteiger partial charge in [-0.25, -0.2) is 12.8 Å². The third-order valence-electron chi connectivity index (χ3n) is 4.73. The first-order valence-electron chi connectivity index (χ1n) is 8.58. The van der Waals surface area contributed by atoms with Crippen LogP contribution in [0.15, 0.2) is 47.0 Å². The fourth-order valence-electron chi connectivity index (χ4n) is 3.20. The number of rotatable bonds is 3. The van der Waals surface area contributed by atoms with Gasteiger partial charge in [0.05, 0.1) is 16.9 Å². The quantitative estimate of drug-likeness (QED) is 0.745. The third kappa shape index (κ3) is 3.71. The number of hydrogen-bond donors (Lipinski definition) is 1. The van der Waals surface area contributed by atoms with Gasteiger partial charge in [0.15, 0.2) is 5.76 Å². The Morgan fingerprint density at radius 1 is 1.11 bits per heavy atom. The summed E-state index contributed by atoms with van der Waals surface area (Å²) in [5.41, 5.74) is 1.69. The molecule has 4 rings (SSSR count). The van der Waals surface area contributed by atoms with Crippen molar-refractivity contribution in [2.75, 3.05) is 11.5 Å². The summed E-state index contributed by atoms with van der Waals surface area (Å²) in [5.74, 6) is 0.0299. The Morgan fingerprint density at radius 2 is 1.81 bits per heavy atom. The van der Waals surface area contributed by atoms with E-state index >= 15 is 0 Å². The summed E-state index contributed by atoms with van der Waals surface area (Å²) in [4.78, 5) is 12.6. The molecule has 3 aromatic rings. The highest BCUT2D eigenvalue weighted by Crippen LogP contribution is 2.29. The summed E-state index contributed by atoms with van der Waals surface area (Å²) in [7, 11) is -2.98. The second kappa shape index (κ2) is 6.77. The first-order chi connectivity index (χ1) is 12.9. The molecule has 1 aliphatic rings. The number of benzene rings is 2. The summed E-state index contributed by atoms with van der Waals surface area (Å²) in [6.07, 6.45) is 0.842. The van der Waals surface area contributed by atoms with E-state index < -0.39 is 9.84 Å². The maximum absolute atomic E-state index is 13.1. The fourth-order valence-corrected chi connectivity index (χ4v) is 4.69. The second-order valence-electron chi connectivity index (χ2n) is 6.65. The van der Waals surface area contributed by atoms with E-state index in [1.807, 2.05) is 0 Å². The monoisotopic (exact) mass is 388 g/mol. The van der Waals surface area contributed by atoms with Crippen molar-refractivity contribution >= 4 is 26.6 Å². The number of sulfone groups is 1. The molecule has 2 heterocycles. The molecule has 0 bridgehead atoms. The molecule has 1 N–H and O–H groups in total. The number of nitrogens with zero attached hydrogens (tertiary/aromatic N) is 1. The van der Waals surface area contributed by atoms with Gasteiger partial charge in [0.2, 0.25) is 0 Å². The number of nitrogens with one attached hydrogen (secondary N) is 1. The van der Waals surface area contributed by atoms with E-state index in [0.717, 1.165) is 0 Å². The molecule has 0 radical (unpaired) electrons. The standard InChI is InChI=1S/C19H17FN2O4S/c20-14-4-1-12(2-5-14)18-16-11-13(3-6-17(16)22-26-18)19(23)21-15-7-9-27(24,25)10-8-15/h1-6,11,15H,7-10H2,(H,21,23). The molecule has 8 heteroatoms. The lowest BCUT2D eigenvalue weighted by molar-refractivity contribution is 0.0934. The Kier molecular flexibility index (Phi) is 4.43. The molecule has 0 saturated carbocycles. The minimum atomic E-state index is -2.98. The lowest BCUT2D eigenvalue weighted by Crippen LogP contribution is -2.40. The molecule has 0 unspecified atom stereocenters. The van der Waals surface area contributed by atoms with Crippen LogP contribution in [0.5, 0.6) is 0 Å². The van der Waals surface area contributed by atoms with Crippen LogP contribution in [0.25, 0.3) is 22.2 Å². The van der Waals surface area contributed by atoms with Crippen molar-refractivity contribution in [3.05, 3.63) is 53.8 Å². The van der Waals surface area contributed by atoms with Gasteiger partial charge >= 0.3 is 0 Å². The van der Waals surface area contributed by atoms with Crippen molar-refractivity contribution in [1.82, 2.24) is 10.5 Å². The first-order valence-corrected chi connectivity index (χ1v) is 10.4. The van der Waals surface area contributed by atoms with Crippen LogP contribution >= 0.6 is 0 Å². The van der Waals surface area contributed by atoms with Gasteiger partial charge in [-0.2, -0.15) is 0 Å². The zero-order valence-electron chi connectivity index (χ0n) is 14.3. The van der Waals surface area contributed by atoms with Crippen molar-refractivity contribution in [2.45, 2.75) is 18.9 Å². The lowest BCUT2D eigenvalue weighted by atomic mass is 10.1. The number of carbonyl (C=O) groups excluding carboxylic acids is 1. The SMILES string of the molecule is O=C(NC1CCS(=O)(=O)CC1)c1ccc2noc(-c3ccc(F)cc3)c2c1. The predicted octanol–water partition coefficient (Wildman–Crippen LogP) is 2.94. The van der Waals surface area contributed by atoms with Gasteiger partial charge in [0, 0.05) is 17.2 Å². The van der Waals surface area contributed by atoms with Crippen molar-refractivity contribution in [3.63, 3.8) is 0 Å². The number of fused-ring (bicyclic) bond motifs is 1. The van der Waals surface area contributed by atoms with Crippen molar-refractivity contribution < 1.29 is 22.1 Å². The van der Waals surface area contributed by atoms with Gasteiger partial charge in [-0.15, -0.1) is 0 Å². The number of halogens is 1. The first kappa shape index (κ1) is 17.7. The fraction of sp³-hybridized carbons (Fsp3) is 0.263. The minimum absolute atomic E-state index is 0.0946. The third-order valence-corrected chi connectivity index (χ3v) is 6.45. The van der Waals surface area contributed by atoms with Crippen LogP contribution in [0, 0.1) is 5.82 Å². The summed E-state index contributed by atoms with van der Waals surface area (Å²) in [5, 5.41) is 7.53. The van der Waals surface area contributed by atoms with Gasteiger partial charge in [0.1, 0.15) is 21.2 Å². The zero-order chi connectivity index (χ0) is 19.0. The van der Waals surface area contributed by atoms with Crippen molar-refractivity contribution in [3.8, 4) is 11.3 Å². The lowest BCUT2D eigenvalue weighted by Gasteiger charge is -2.23. The molecular formula is C19H17FN2O4S. The second-order valence-corrected chi connectivity index (χ2v) is 8.95. The van der Waals surface area contributed by atoms with E-state index in [0.29, 0.717) is 40.6 Å².